The lowest BCUT2D eigenvalue weighted by Gasteiger charge is -2.12. The second-order valence-corrected chi connectivity index (χ2v) is 7.49. The minimum Gasteiger partial charge on any atom is -0.338 e. The highest BCUT2D eigenvalue weighted by molar-refractivity contribution is 7.91. The summed E-state index contributed by atoms with van der Waals surface area (Å²) in [5, 5.41) is 5.70. The molecule has 2 rings (SSSR count). The molecule has 1 aliphatic rings. The molecule has 0 spiro atoms. The minimum atomic E-state index is -2.91. The Labute approximate surface area is 122 Å². The van der Waals surface area contributed by atoms with Crippen LogP contribution in [-0.2, 0) is 9.84 Å². The van der Waals surface area contributed by atoms with Crippen LogP contribution in [0.25, 0.3) is 0 Å². The van der Waals surface area contributed by atoms with E-state index in [0.29, 0.717) is 29.5 Å². The van der Waals surface area contributed by atoms with Gasteiger partial charge in [0.2, 0.25) is 0 Å². The number of anilines is 1. The summed E-state index contributed by atoms with van der Waals surface area (Å²) in [5.41, 5.74) is 1.20. The van der Waals surface area contributed by atoms with Crippen molar-refractivity contribution in [3.8, 4) is 0 Å². The topological polar surface area (TPSA) is 88.2 Å². The third-order valence-corrected chi connectivity index (χ3v) is 5.23. The SMILES string of the molecule is Cc1nc(Cl)ccc1NC(=O)NC[C@H]1CCS(=O)(=O)C1. The highest BCUT2D eigenvalue weighted by Gasteiger charge is 2.27. The number of nitrogens with one attached hydrogen (secondary N) is 2. The molecule has 1 atom stereocenters. The van der Waals surface area contributed by atoms with Crippen molar-refractivity contribution in [3.05, 3.63) is 23.0 Å². The molecule has 1 aromatic rings. The molecule has 0 unspecified atom stereocenters. The molecular formula is C12H16ClN3O3S. The molecule has 2 heterocycles. The van der Waals surface area contributed by atoms with E-state index in [9.17, 15) is 13.2 Å². The third kappa shape index (κ3) is 4.08. The molecule has 2 N–H and O–H groups in total. The Morgan fingerprint density at radius 2 is 2.25 bits per heavy atom. The Hall–Kier alpha value is -1.34. The monoisotopic (exact) mass is 317 g/mol. The van der Waals surface area contributed by atoms with Crippen LogP contribution in [0.15, 0.2) is 12.1 Å². The summed E-state index contributed by atoms with van der Waals surface area (Å²) < 4.78 is 22.6. The molecule has 1 aliphatic heterocycles. The van der Waals surface area contributed by atoms with Crippen molar-refractivity contribution in [1.29, 1.82) is 0 Å². The average Bonchev–Trinajstić information content (AvgIpc) is 2.70. The van der Waals surface area contributed by atoms with Gasteiger partial charge in [-0.3, -0.25) is 0 Å². The molecule has 0 bridgehead atoms. The van der Waals surface area contributed by atoms with Gasteiger partial charge >= 0.3 is 6.03 Å². The molecule has 0 aromatic carbocycles. The van der Waals surface area contributed by atoms with Crippen molar-refractivity contribution in [2.24, 2.45) is 5.92 Å². The van der Waals surface area contributed by atoms with Gasteiger partial charge in [-0.1, -0.05) is 11.6 Å². The molecule has 1 aromatic heterocycles. The molecule has 8 heteroatoms. The summed E-state index contributed by atoms with van der Waals surface area (Å²) in [4.78, 5) is 15.8. The lowest BCUT2D eigenvalue weighted by atomic mass is 10.1. The molecule has 6 nitrogen and oxygen atoms in total. The van der Waals surface area contributed by atoms with Crippen LogP contribution in [0, 0.1) is 12.8 Å². The summed E-state index contributed by atoms with van der Waals surface area (Å²) in [6.07, 6.45) is 0.601. The lowest BCUT2D eigenvalue weighted by molar-refractivity contribution is 0.250. The second-order valence-electron chi connectivity index (χ2n) is 4.87. The fourth-order valence-corrected chi connectivity index (χ4v) is 4.15. The number of amides is 2. The van der Waals surface area contributed by atoms with Crippen molar-refractivity contribution in [2.45, 2.75) is 13.3 Å². The Bertz CT molecular complexity index is 618. The Morgan fingerprint density at radius 3 is 2.85 bits per heavy atom. The van der Waals surface area contributed by atoms with Crippen LogP contribution in [0.4, 0.5) is 10.5 Å². The third-order valence-electron chi connectivity index (χ3n) is 3.18. The molecule has 2 amide bonds. The quantitative estimate of drug-likeness (QED) is 0.829. The summed E-state index contributed by atoms with van der Waals surface area (Å²) in [6, 6.07) is 2.89. The number of aromatic nitrogens is 1. The van der Waals surface area contributed by atoms with E-state index in [-0.39, 0.29) is 23.5 Å². The van der Waals surface area contributed by atoms with Gasteiger partial charge < -0.3 is 10.6 Å². The summed E-state index contributed by atoms with van der Waals surface area (Å²) in [7, 11) is -2.91. The van der Waals surface area contributed by atoms with E-state index in [2.05, 4.69) is 15.6 Å². The van der Waals surface area contributed by atoms with Crippen LogP contribution in [0.2, 0.25) is 5.15 Å². The van der Waals surface area contributed by atoms with Gasteiger partial charge in [0.15, 0.2) is 9.84 Å². The number of hydrogen-bond donors (Lipinski definition) is 2. The Morgan fingerprint density at radius 1 is 1.50 bits per heavy atom. The van der Waals surface area contributed by atoms with E-state index in [1.54, 1.807) is 19.1 Å². The van der Waals surface area contributed by atoms with Gasteiger partial charge in [-0.15, -0.1) is 0 Å². The zero-order valence-corrected chi connectivity index (χ0v) is 12.6. The van der Waals surface area contributed by atoms with E-state index < -0.39 is 9.84 Å². The van der Waals surface area contributed by atoms with Gasteiger partial charge in [0, 0.05) is 6.54 Å². The first-order valence-electron chi connectivity index (χ1n) is 6.24. The maximum absolute atomic E-state index is 11.7. The first-order chi connectivity index (χ1) is 9.35. The lowest BCUT2D eigenvalue weighted by Crippen LogP contribution is -2.33. The van der Waals surface area contributed by atoms with Crippen molar-refractivity contribution in [3.63, 3.8) is 0 Å². The van der Waals surface area contributed by atoms with E-state index in [1.165, 1.54) is 0 Å². The van der Waals surface area contributed by atoms with Crippen molar-refractivity contribution in [1.82, 2.24) is 10.3 Å². The van der Waals surface area contributed by atoms with Crippen molar-refractivity contribution >= 4 is 33.2 Å². The van der Waals surface area contributed by atoms with Gasteiger partial charge in [-0.25, -0.2) is 18.2 Å². The molecular weight excluding hydrogens is 302 g/mol. The van der Waals surface area contributed by atoms with Crippen LogP contribution in [0.1, 0.15) is 12.1 Å². The summed E-state index contributed by atoms with van der Waals surface area (Å²) in [5.74, 6) is 0.353. The van der Waals surface area contributed by atoms with Crippen molar-refractivity contribution in [2.75, 3.05) is 23.4 Å². The fourth-order valence-electron chi connectivity index (χ4n) is 2.10. The van der Waals surface area contributed by atoms with E-state index >= 15 is 0 Å². The number of carbonyl (C=O) groups excluding carboxylic acids is 1. The van der Waals surface area contributed by atoms with Gasteiger partial charge in [0.1, 0.15) is 5.15 Å². The van der Waals surface area contributed by atoms with E-state index in [1.807, 2.05) is 0 Å². The molecule has 0 saturated carbocycles. The van der Waals surface area contributed by atoms with Crippen LogP contribution < -0.4 is 10.6 Å². The number of halogens is 1. The number of aryl methyl sites for hydroxylation is 1. The Balaban J connectivity index is 1.84. The van der Waals surface area contributed by atoms with Gasteiger partial charge in [-0.2, -0.15) is 0 Å². The first kappa shape index (κ1) is 15.1. The zero-order valence-electron chi connectivity index (χ0n) is 11.0. The molecule has 110 valence electrons. The Kier molecular flexibility index (Phi) is 4.49. The molecule has 0 aliphatic carbocycles. The molecule has 0 radical (unpaired) electrons. The van der Waals surface area contributed by atoms with Crippen LogP contribution in [-0.4, -0.2) is 37.5 Å². The summed E-state index contributed by atoms with van der Waals surface area (Å²) >= 11 is 5.73. The van der Waals surface area contributed by atoms with Gasteiger partial charge in [0.05, 0.1) is 22.9 Å². The minimum absolute atomic E-state index is 0.00445. The van der Waals surface area contributed by atoms with Crippen LogP contribution in [0.5, 0.6) is 0 Å². The second kappa shape index (κ2) is 5.97. The largest absolute Gasteiger partial charge is 0.338 e. The summed E-state index contributed by atoms with van der Waals surface area (Å²) in [6.45, 7) is 2.09. The predicted molar refractivity (Wildman–Crippen MR) is 77.8 cm³/mol. The zero-order chi connectivity index (χ0) is 14.8. The highest BCUT2D eigenvalue weighted by atomic mass is 35.5. The smallest absolute Gasteiger partial charge is 0.319 e. The predicted octanol–water partition coefficient (Wildman–Crippen LogP) is 1.60. The number of pyridine rings is 1. The molecule has 20 heavy (non-hydrogen) atoms. The number of nitrogens with zero attached hydrogens (tertiary/aromatic N) is 1. The molecule has 1 saturated heterocycles. The highest BCUT2D eigenvalue weighted by Crippen LogP contribution is 2.18. The van der Waals surface area contributed by atoms with Crippen LogP contribution >= 0.6 is 11.6 Å². The first-order valence-corrected chi connectivity index (χ1v) is 8.44. The molecule has 1 fully saturated rings. The number of hydrogen-bond acceptors (Lipinski definition) is 4. The maximum atomic E-state index is 11.7. The standard InChI is InChI=1S/C12H16ClN3O3S/c1-8-10(2-3-11(13)15-8)16-12(17)14-6-9-4-5-20(18,19)7-9/h2-3,9H,4-7H2,1H3,(H2,14,16,17)/t9-/m1/s1. The maximum Gasteiger partial charge on any atom is 0.319 e. The average molecular weight is 318 g/mol. The number of carbonyl (C=O) groups is 1. The fraction of sp³-hybridized carbons (Fsp3) is 0.500. The normalized spacial score (nSPS) is 20.6. The van der Waals surface area contributed by atoms with Gasteiger partial charge in [0.25, 0.3) is 0 Å². The number of rotatable bonds is 3. The number of sulfone groups is 1. The van der Waals surface area contributed by atoms with Crippen LogP contribution in [0.3, 0.4) is 0 Å². The van der Waals surface area contributed by atoms with Gasteiger partial charge in [-0.05, 0) is 31.4 Å². The van der Waals surface area contributed by atoms with Crippen molar-refractivity contribution < 1.29 is 13.2 Å². The van der Waals surface area contributed by atoms with E-state index in [0.717, 1.165) is 0 Å². The van der Waals surface area contributed by atoms with E-state index in [4.69, 9.17) is 11.6 Å². The number of urea groups is 1.